The molecule has 0 saturated carbocycles. The van der Waals surface area contributed by atoms with Crippen LogP contribution < -0.4 is 20.7 Å². The van der Waals surface area contributed by atoms with E-state index in [2.05, 4.69) is 41.7 Å². The molecule has 0 bridgehead atoms. The molecule has 0 heterocycles. The van der Waals surface area contributed by atoms with Gasteiger partial charge in [0.2, 0.25) is 0 Å². The van der Waals surface area contributed by atoms with Crippen LogP contribution in [0.15, 0.2) is 29.3 Å². The summed E-state index contributed by atoms with van der Waals surface area (Å²) in [5.74, 6) is 1.85. The van der Waals surface area contributed by atoms with Gasteiger partial charge in [-0.3, -0.25) is 9.79 Å². The van der Waals surface area contributed by atoms with Crippen LogP contribution in [0.25, 0.3) is 0 Å². The molecule has 0 aliphatic rings. The topological polar surface area (TPSA) is 74.8 Å². The van der Waals surface area contributed by atoms with Crippen molar-refractivity contribution < 1.29 is 9.53 Å². The lowest BCUT2D eigenvalue weighted by molar-refractivity contribution is -0.122. The molecule has 0 aliphatic carbocycles. The van der Waals surface area contributed by atoms with Gasteiger partial charge in [-0.2, -0.15) is 0 Å². The van der Waals surface area contributed by atoms with Gasteiger partial charge >= 0.3 is 0 Å². The number of amides is 1. The van der Waals surface area contributed by atoms with Crippen molar-refractivity contribution in [2.75, 3.05) is 20.2 Å². The highest BCUT2D eigenvalue weighted by Gasteiger charge is 2.09. The molecule has 3 N–H and O–H groups in total. The largest absolute Gasteiger partial charge is 0.484 e. The number of carbonyl (C=O) groups excluding carboxylic acids is 1. The van der Waals surface area contributed by atoms with E-state index in [1.807, 2.05) is 31.2 Å². The number of ether oxygens (including phenoxy) is 1. The number of likely N-dealkylation sites (N-methyl/N-ethyl adjacent to an activating group) is 1. The van der Waals surface area contributed by atoms with Gasteiger partial charge < -0.3 is 20.7 Å². The van der Waals surface area contributed by atoms with E-state index in [4.69, 9.17) is 4.74 Å². The van der Waals surface area contributed by atoms with Crippen LogP contribution in [0, 0.1) is 5.92 Å². The minimum Gasteiger partial charge on any atom is -0.484 e. The van der Waals surface area contributed by atoms with E-state index in [0.717, 1.165) is 11.5 Å². The number of halogens is 1. The zero-order chi connectivity index (χ0) is 17.9. The Morgan fingerprint density at radius 3 is 2.56 bits per heavy atom. The predicted octanol–water partition coefficient (Wildman–Crippen LogP) is 2.53. The third-order valence-electron chi connectivity index (χ3n) is 3.69. The highest BCUT2D eigenvalue weighted by atomic mass is 127. The lowest BCUT2D eigenvalue weighted by Crippen LogP contribution is -2.43. The van der Waals surface area contributed by atoms with Gasteiger partial charge in [0, 0.05) is 26.2 Å². The molecule has 0 radical (unpaired) electrons. The van der Waals surface area contributed by atoms with Crippen molar-refractivity contribution in [2.45, 2.75) is 40.3 Å². The normalized spacial score (nSPS) is 12.2. The van der Waals surface area contributed by atoms with Crippen molar-refractivity contribution in [2.24, 2.45) is 10.9 Å². The Bertz CT molecular complexity index is 550. The summed E-state index contributed by atoms with van der Waals surface area (Å²) in [6.45, 7) is 9.61. The smallest absolute Gasteiger partial charge is 0.257 e. The average molecular weight is 462 g/mol. The molecule has 0 saturated heterocycles. The molecule has 142 valence electrons. The molecule has 1 aromatic rings. The highest BCUT2D eigenvalue weighted by Crippen LogP contribution is 2.13. The number of nitrogens with one attached hydrogen (secondary N) is 3. The van der Waals surface area contributed by atoms with E-state index in [1.54, 1.807) is 7.05 Å². The fourth-order valence-corrected chi connectivity index (χ4v) is 1.91. The van der Waals surface area contributed by atoms with Gasteiger partial charge in [-0.1, -0.05) is 26.0 Å². The summed E-state index contributed by atoms with van der Waals surface area (Å²) in [5.41, 5.74) is 1.06. The summed E-state index contributed by atoms with van der Waals surface area (Å²) in [5, 5.41) is 9.35. The molecule has 6 nitrogen and oxygen atoms in total. The van der Waals surface area contributed by atoms with Crippen molar-refractivity contribution in [3.05, 3.63) is 29.8 Å². The Kier molecular flexibility index (Phi) is 12.0. The molecule has 1 unspecified atom stereocenters. The lowest BCUT2D eigenvalue weighted by atomic mass is 10.1. The van der Waals surface area contributed by atoms with Crippen LogP contribution >= 0.6 is 24.0 Å². The first kappa shape index (κ1) is 23.5. The van der Waals surface area contributed by atoms with Gasteiger partial charge in [-0.25, -0.2) is 0 Å². The highest BCUT2D eigenvalue weighted by molar-refractivity contribution is 14.0. The number of nitrogens with zero attached hydrogens (tertiary/aromatic N) is 1. The summed E-state index contributed by atoms with van der Waals surface area (Å²) in [4.78, 5) is 15.7. The predicted molar refractivity (Wildman–Crippen MR) is 114 cm³/mol. The fraction of sp³-hybridized carbons (Fsp3) is 0.556. The third kappa shape index (κ3) is 9.52. The Hall–Kier alpha value is -1.51. The first-order valence-corrected chi connectivity index (χ1v) is 8.41. The second-order valence-electron chi connectivity index (χ2n) is 5.99. The van der Waals surface area contributed by atoms with Gasteiger partial charge in [-0.05, 0) is 37.5 Å². The first-order valence-electron chi connectivity index (χ1n) is 8.41. The molecular formula is C18H31IN4O2. The Morgan fingerprint density at radius 1 is 1.24 bits per heavy atom. The van der Waals surface area contributed by atoms with Crippen molar-refractivity contribution in [1.82, 2.24) is 16.0 Å². The summed E-state index contributed by atoms with van der Waals surface area (Å²) >= 11 is 0. The Morgan fingerprint density at radius 2 is 1.96 bits per heavy atom. The van der Waals surface area contributed by atoms with Crippen LogP contribution in [0.3, 0.4) is 0 Å². The summed E-state index contributed by atoms with van der Waals surface area (Å²) in [6.07, 6.45) is 0. The maximum atomic E-state index is 11.4. The number of hydrogen-bond acceptors (Lipinski definition) is 3. The SMILES string of the molecule is CCNC(=O)COc1cccc(CNC(=NC)NC(C)C(C)C)c1.I. The van der Waals surface area contributed by atoms with Gasteiger partial charge in [0.05, 0.1) is 0 Å². The van der Waals surface area contributed by atoms with Gasteiger partial charge in [0.1, 0.15) is 5.75 Å². The minimum atomic E-state index is -0.117. The van der Waals surface area contributed by atoms with Gasteiger partial charge in [0.25, 0.3) is 5.91 Å². The monoisotopic (exact) mass is 462 g/mol. The summed E-state index contributed by atoms with van der Waals surface area (Å²) < 4.78 is 5.50. The zero-order valence-electron chi connectivity index (χ0n) is 15.8. The second-order valence-corrected chi connectivity index (χ2v) is 5.99. The maximum absolute atomic E-state index is 11.4. The maximum Gasteiger partial charge on any atom is 0.257 e. The van der Waals surface area contributed by atoms with Crippen molar-refractivity contribution in [3.8, 4) is 5.75 Å². The molecule has 0 spiro atoms. The van der Waals surface area contributed by atoms with Gasteiger partial charge in [-0.15, -0.1) is 24.0 Å². The Labute approximate surface area is 168 Å². The second kappa shape index (κ2) is 12.8. The van der Waals surface area contributed by atoms with E-state index in [9.17, 15) is 4.79 Å². The number of hydrogen-bond donors (Lipinski definition) is 3. The van der Waals surface area contributed by atoms with Crippen molar-refractivity contribution in [1.29, 1.82) is 0 Å². The summed E-state index contributed by atoms with van der Waals surface area (Å²) in [7, 11) is 1.76. The van der Waals surface area contributed by atoms with E-state index in [0.29, 0.717) is 30.8 Å². The first-order chi connectivity index (χ1) is 11.5. The molecule has 7 heteroatoms. The lowest BCUT2D eigenvalue weighted by Gasteiger charge is -2.20. The van der Waals surface area contributed by atoms with Crippen LogP contribution in [0.5, 0.6) is 5.75 Å². The molecule has 0 aromatic heterocycles. The van der Waals surface area contributed by atoms with Crippen LogP contribution in [0.4, 0.5) is 0 Å². The zero-order valence-corrected chi connectivity index (χ0v) is 18.1. The number of carbonyl (C=O) groups is 1. The van der Waals surface area contributed by atoms with Crippen molar-refractivity contribution >= 4 is 35.8 Å². The average Bonchev–Trinajstić information content (AvgIpc) is 2.57. The van der Waals surface area contributed by atoms with Crippen LogP contribution in [0.1, 0.15) is 33.3 Å². The molecule has 0 aliphatic heterocycles. The summed E-state index contributed by atoms with van der Waals surface area (Å²) in [6, 6.07) is 8.02. The molecule has 1 aromatic carbocycles. The van der Waals surface area contributed by atoms with Crippen LogP contribution in [-0.4, -0.2) is 38.1 Å². The quantitative estimate of drug-likeness (QED) is 0.316. The third-order valence-corrected chi connectivity index (χ3v) is 3.69. The molecule has 0 fully saturated rings. The standard InChI is InChI=1S/C18H30N4O2.HI/c1-6-20-17(23)12-24-16-9-7-8-15(10-16)11-21-18(19-5)22-14(4)13(2)3;/h7-10,13-14H,6,11-12H2,1-5H3,(H,20,23)(H2,19,21,22);1H. The molecule has 1 atom stereocenters. The number of benzene rings is 1. The van der Waals surface area contributed by atoms with E-state index in [1.165, 1.54) is 0 Å². The van der Waals surface area contributed by atoms with Gasteiger partial charge in [0.15, 0.2) is 12.6 Å². The molecular weight excluding hydrogens is 431 g/mol. The number of rotatable bonds is 8. The van der Waals surface area contributed by atoms with E-state index >= 15 is 0 Å². The molecule has 1 rings (SSSR count). The minimum absolute atomic E-state index is 0. The van der Waals surface area contributed by atoms with E-state index in [-0.39, 0.29) is 36.5 Å². The van der Waals surface area contributed by atoms with Crippen molar-refractivity contribution in [3.63, 3.8) is 0 Å². The fourth-order valence-electron chi connectivity index (χ4n) is 1.91. The van der Waals surface area contributed by atoms with E-state index < -0.39 is 0 Å². The number of guanidine groups is 1. The molecule has 25 heavy (non-hydrogen) atoms. The van der Waals surface area contributed by atoms with Crippen LogP contribution in [0.2, 0.25) is 0 Å². The number of aliphatic imine (C=N–C) groups is 1. The molecule has 1 amide bonds. The van der Waals surface area contributed by atoms with Crippen LogP contribution in [-0.2, 0) is 11.3 Å². The Balaban J connectivity index is 0.00000576.